The van der Waals surface area contributed by atoms with Crippen molar-refractivity contribution in [1.29, 1.82) is 0 Å². The number of fused-ring (bicyclic) bond motifs is 1. The highest BCUT2D eigenvalue weighted by Crippen LogP contribution is 2.24. The zero-order valence-electron chi connectivity index (χ0n) is 12.2. The Labute approximate surface area is 141 Å². The molecule has 1 aliphatic heterocycles. The molecule has 1 aromatic heterocycles. The minimum absolute atomic E-state index is 0. The van der Waals surface area contributed by atoms with Crippen LogP contribution >= 0.6 is 12.4 Å². The fourth-order valence-corrected chi connectivity index (χ4v) is 2.34. The lowest BCUT2D eigenvalue weighted by Gasteiger charge is -2.13. The van der Waals surface area contributed by atoms with E-state index in [0.29, 0.717) is 12.2 Å². The molecule has 0 aliphatic carbocycles. The molecule has 0 saturated carbocycles. The van der Waals surface area contributed by atoms with Gasteiger partial charge in [-0.15, -0.1) is 25.6 Å². The van der Waals surface area contributed by atoms with Crippen molar-refractivity contribution >= 4 is 24.0 Å². The molecule has 3 N–H and O–H groups in total. The molecule has 130 valence electrons. The lowest BCUT2D eigenvalue weighted by molar-refractivity contribution is -0.274. The number of halogens is 4. The topological polar surface area (TPSA) is 79.0 Å². The van der Waals surface area contributed by atoms with Gasteiger partial charge in [0.2, 0.25) is 0 Å². The average molecular weight is 363 g/mol. The van der Waals surface area contributed by atoms with Crippen LogP contribution in [0.4, 0.5) is 18.9 Å². The number of anilines is 1. The Morgan fingerprint density at radius 2 is 1.96 bits per heavy atom. The van der Waals surface area contributed by atoms with Crippen molar-refractivity contribution in [2.75, 3.05) is 11.9 Å². The smallest absolute Gasteiger partial charge is 0.406 e. The summed E-state index contributed by atoms with van der Waals surface area (Å²) >= 11 is 0. The molecule has 0 unspecified atom stereocenters. The molecular formula is C14H14ClF3N4O2. The first-order valence-corrected chi connectivity index (χ1v) is 6.86. The maximum Gasteiger partial charge on any atom is 0.573 e. The van der Waals surface area contributed by atoms with Gasteiger partial charge in [-0.05, 0) is 24.3 Å². The summed E-state index contributed by atoms with van der Waals surface area (Å²) < 4.78 is 40.0. The Morgan fingerprint density at radius 3 is 2.62 bits per heavy atom. The molecule has 0 bridgehead atoms. The molecule has 1 aromatic carbocycles. The van der Waals surface area contributed by atoms with Gasteiger partial charge < -0.3 is 15.4 Å². The van der Waals surface area contributed by atoms with E-state index in [2.05, 4.69) is 25.6 Å². The summed E-state index contributed by atoms with van der Waals surface area (Å²) in [5.74, 6) is -0.771. The van der Waals surface area contributed by atoms with E-state index in [-0.39, 0.29) is 23.9 Å². The fraction of sp³-hybridized carbons (Fsp3) is 0.286. The Hall–Kier alpha value is -2.26. The quantitative estimate of drug-likeness (QED) is 0.784. The molecule has 6 nitrogen and oxygen atoms in total. The number of nitrogens with zero attached hydrogens (tertiary/aromatic N) is 1. The van der Waals surface area contributed by atoms with Gasteiger partial charge in [-0.3, -0.25) is 9.89 Å². The summed E-state index contributed by atoms with van der Waals surface area (Å²) in [6, 6.07) is 4.92. The molecule has 2 aromatic rings. The van der Waals surface area contributed by atoms with E-state index in [9.17, 15) is 18.0 Å². The Balaban J connectivity index is 0.00000208. The maximum atomic E-state index is 12.2. The molecule has 0 fully saturated rings. The number of ether oxygens (including phenoxy) is 1. The van der Waals surface area contributed by atoms with Crippen molar-refractivity contribution in [3.63, 3.8) is 0 Å². The van der Waals surface area contributed by atoms with Gasteiger partial charge in [-0.2, -0.15) is 5.10 Å². The number of aromatic nitrogens is 2. The van der Waals surface area contributed by atoms with Crippen LogP contribution in [0, 0.1) is 0 Å². The van der Waals surface area contributed by atoms with Crippen molar-refractivity contribution in [2.24, 2.45) is 0 Å². The fourth-order valence-electron chi connectivity index (χ4n) is 2.34. The number of rotatable bonds is 3. The molecule has 0 saturated heterocycles. The predicted molar refractivity (Wildman–Crippen MR) is 82.3 cm³/mol. The van der Waals surface area contributed by atoms with Crippen LogP contribution in [0.1, 0.15) is 21.7 Å². The first-order valence-electron chi connectivity index (χ1n) is 6.86. The number of carbonyl (C=O) groups is 1. The molecule has 24 heavy (non-hydrogen) atoms. The number of carbonyl (C=O) groups excluding carboxylic acids is 1. The highest BCUT2D eigenvalue weighted by Gasteiger charge is 2.31. The van der Waals surface area contributed by atoms with E-state index < -0.39 is 12.3 Å². The van der Waals surface area contributed by atoms with Gasteiger partial charge >= 0.3 is 6.36 Å². The van der Waals surface area contributed by atoms with Gasteiger partial charge in [0.25, 0.3) is 5.91 Å². The third kappa shape index (κ3) is 4.18. The van der Waals surface area contributed by atoms with Crippen LogP contribution in [0.5, 0.6) is 5.75 Å². The Bertz CT molecular complexity index is 716. The van der Waals surface area contributed by atoms with Crippen molar-refractivity contribution < 1.29 is 22.7 Å². The van der Waals surface area contributed by atoms with E-state index in [1.54, 1.807) is 0 Å². The van der Waals surface area contributed by atoms with Crippen LogP contribution in [0.15, 0.2) is 24.3 Å². The molecule has 3 rings (SSSR count). The van der Waals surface area contributed by atoms with Gasteiger partial charge in [-0.25, -0.2) is 0 Å². The minimum atomic E-state index is -4.74. The number of alkyl halides is 3. The SMILES string of the molecule is Cl.O=C(Nc1ccc(OC(F)(F)F)cc1)c1n[nH]c2c1CNCC2. The normalized spacial score (nSPS) is 13.6. The molecule has 0 spiro atoms. The van der Waals surface area contributed by atoms with E-state index in [1.807, 2.05) is 0 Å². The third-order valence-electron chi connectivity index (χ3n) is 3.37. The summed E-state index contributed by atoms with van der Waals surface area (Å²) in [6.07, 6.45) is -3.98. The molecule has 0 atom stereocenters. The second kappa shape index (κ2) is 7.10. The van der Waals surface area contributed by atoms with Crippen LogP contribution in [0.25, 0.3) is 0 Å². The molecule has 1 aliphatic rings. The van der Waals surface area contributed by atoms with E-state index in [1.165, 1.54) is 12.1 Å². The molecule has 0 radical (unpaired) electrons. The largest absolute Gasteiger partial charge is 0.573 e. The van der Waals surface area contributed by atoms with Gasteiger partial charge in [0.15, 0.2) is 5.69 Å². The summed E-state index contributed by atoms with van der Waals surface area (Å²) in [7, 11) is 0. The van der Waals surface area contributed by atoms with Gasteiger partial charge in [0, 0.05) is 36.5 Å². The van der Waals surface area contributed by atoms with Crippen LogP contribution in [-0.2, 0) is 13.0 Å². The monoisotopic (exact) mass is 362 g/mol. The third-order valence-corrected chi connectivity index (χ3v) is 3.37. The number of hydrogen-bond donors (Lipinski definition) is 3. The number of hydrogen-bond acceptors (Lipinski definition) is 4. The van der Waals surface area contributed by atoms with Crippen molar-refractivity contribution in [1.82, 2.24) is 15.5 Å². The zero-order chi connectivity index (χ0) is 16.4. The highest BCUT2D eigenvalue weighted by molar-refractivity contribution is 6.04. The highest BCUT2D eigenvalue weighted by atomic mass is 35.5. The summed E-state index contributed by atoms with van der Waals surface area (Å²) in [5.41, 5.74) is 2.36. The summed E-state index contributed by atoms with van der Waals surface area (Å²) in [4.78, 5) is 12.2. The second-order valence-electron chi connectivity index (χ2n) is 4.98. The Morgan fingerprint density at radius 1 is 1.25 bits per heavy atom. The lowest BCUT2D eigenvalue weighted by atomic mass is 10.1. The first kappa shape index (κ1) is 18.1. The minimum Gasteiger partial charge on any atom is -0.406 e. The number of benzene rings is 1. The van der Waals surface area contributed by atoms with Crippen molar-refractivity contribution in [3.8, 4) is 5.75 Å². The summed E-state index contributed by atoms with van der Waals surface area (Å²) in [6.45, 7) is 1.36. The number of amides is 1. The van der Waals surface area contributed by atoms with E-state index >= 15 is 0 Å². The molecular weight excluding hydrogens is 349 g/mol. The average Bonchev–Trinajstić information content (AvgIpc) is 2.92. The molecule has 10 heteroatoms. The van der Waals surface area contributed by atoms with E-state index in [0.717, 1.165) is 36.4 Å². The van der Waals surface area contributed by atoms with E-state index in [4.69, 9.17) is 0 Å². The van der Waals surface area contributed by atoms with Gasteiger partial charge in [0.1, 0.15) is 5.75 Å². The van der Waals surface area contributed by atoms with Gasteiger partial charge in [-0.1, -0.05) is 0 Å². The second-order valence-corrected chi connectivity index (χ2v) is 4.98. The van der Waals surface area contributed by atoms with Crippen molar-refractivity contribution in [2.45, 2.75) is 19.3 Å². The summed E-state index contributed by atoms with van der Waals surface area (Å²) in [5, 5.41) is 12.6. The lowest BCUT2D eigenvalue weighted by Crippen LogP contribution is -2.25. The van der Waals surface area contributed by atoms with Crippen LogP contribution in [0.2, 0.25) is 0 Å². The number of H-pyrrole nitrogens is 1. The van der Waals surface area contributed by atoms with Crippen LogP contribution in [0.3, 0.4) is 0 Å². The number of nitrogens with one attached hydrogen (secondary N) is 3. The number of aromatic amines is 1. The molecule has 1 amide bonds. The maximum absolute atomic E-state index is 12.2. The van der Waals surface area contributed by atoms with Crippen LogP contribution in [-0.4, -0.2) is 29.0 Å². The predicted octanol–water partition coefficient (Wildman–Crippen LogP) is 2.63. The van der Waals surface area contributed by atoms with Gasteiger partial charge in [0.05, 0.1) is 0 Å². The first-order chi connectivity index (χ1) is 10.9. The standard InChI is InChI=1S/C14H13F3N4O2.ClH/c15-14(16,17)23-9-3-1-8(2-4-9)19-13(22)12-10-7-18-6-5-11(10)20-21-12;/h1-4,18H,5-7H2,(H,19,22)(H,20,21);1H. The van der Waals surface area contributed by atoms with Crippen molar-refractivity contribution in [3.05, 3.63) is 41.2 Å². The zero-order valence-corrected chi connectivity index (χ0v) is 13.1. The Kier molecular flexibility index (Phi) is 5.35. The molecule has 2 heterocycles. The van der Waals surface area contributed by atoms with Crippen LogP contribution < -0.4 is 15.4 Å².